The number of hydrogen-bond donors (Lipinski definition) is 1. The van der Waals surface area contributed by atoms with E-state index in [4.69, 9.17) is 11.6 Å². The van der Waals surface area contributed by atoms with Gasteiger partial charge in [0.05, 0.1) is 16.9 Å². The third kappa shape index (κ3) is 3.14. The van der Waals surface area contributed by atoms with Crippen molar-refractivity contribution in [3.8, 4) is 0 Å². The smallest absolute Gasteiger partial charge is 0.123 e. The molecule has 1 N–H and O–H groups in total. The molecule has 2 aromatic carbocycles. The molecule has 0 spiro atoms. The van der Waals surface area contributed by atoms with E-state index in [0.717, 1.165) is 34.7 Å². The van der Waals surface area contributed by atoms with Crippen LogP contribution in [0.1, 0.15) is 17.5 Å². The average Bonchev–Trinajstić information content (AvgIpc) is 2.52. The fraction of sp³-hybridized carbons (Fsp3) is 0.118. The maximum absolute atomic E-state index is 12.8. The first-order chi connectivity index (χ1) is 10.2. The van der Waals surface area contributed by atoms with E-state index in [9.17, 15) is 4.39 Å². The van der Waals surface area contributed by atoms with Crippen LogP contribution in [0.15, 0.2) is 59.2 Å². The normalized spacial score (nSPS) is 14.4. The molecule has 3 rings (SSSR count). The molecule has 0 fully saturated rings. The van der Waals surface area contributed by atoms with E-state index in [1.165, 1.54) is 17.7 Å². The summed E-state index contributed by atoms with van der Waals surface area (Å²) >= 11 is 6.43. The number of anilines is 1. The maximum atomic E-state index is 12.8. The zero-order valence-electron chi connectivity index (χ0n) is 11.3. The number of hydrazone groups is 1. The fourth-order valence-corrected chi connectivity index (χ4v) is 2.66. The molecule has 4 heteroatoms. The van der Waals surface area contributed by atoms with Gasteiger partial charge in [-0.3, -0.25) is 5.43 Å². The van der Waals surface area contributed by atoms with Gasteiger partial charge < -0.3 is 0 Å². The van der Waals surface area contributed by atoms with Crippen LogP contribution >= 0.6 is 11.6 Å². The Labute approximate surface area is 128 Å². The summed E-state index contributed by atoms with van der Waals surface area (Å²) in [6.07, 6.45) is 3.57. The molecule has 2 aromatic rings. The van der Waals surface area contributed by atoms with Crippen molar-refractivity contribution >= 4 is 28.5 Å². The van der Waals surface area contributed by atoms with Crippen molar-refractivity contribution in [3.05, 3.63) is 71.0 Å². The number of fused-ring (bicyclic) bond motifs is 1. The molecule has 0 heterocycles. The van der Waals surface area contributed by atoms with E-state index in [1.807, 2.05) is 18.2 Å². The largest absolute Gasteiger partial charge is 0.279 e. The van der Waals surface area contributed by atoms with E-state index in [2.05, 4.69) is 16.6 Å². The number of allylic oxidation sites excluding steroid dienone is 1. The quantitative estimate of drug-likeness (QED) is 0.638. The third-order valence-electron chi connectivity index (χ3n) is 3.46. The highest BCUT2D eigenvalue weighted by Crippen LogP contribution is 2.33. The summed E-state index contributed by atoms with van der Waals surface area (Å²) in [5.41, 5.74) is 6.96. The molecule has 0 aromatic heterocycles. The van der Waals surface area contributed by atoms with E-state index in [1.54, 1.807) is 18.3 Å². The monoisotopic (exact) mass is 300 g/mol. The minimum atomic E-state index is -0.265. The number of aryl methyl sites for hydroxylation is 1. The number of halogens is 2. The molecule has 0 amide bonds. The van der Waals surface area contributed by atoms with Gasteiger partial charge >= 0.3 is 0 Å². The number of hydrogen-bond acceptors (Lipinski definition) is 2. The first-order valence-electron chi connectivity index (χ1n) is 6.75. The predicted octanol–water partition coefficient (Wildman–Crippen LogP) is 4.82. The van der Waals surface area contributed by atoms with Crippen LogP contribution in [0.4, 0.5) is 10.1 Å². The Bertz CT molecular complexity index is 705. The Kier molecular flexibility index (Phi) is 4.02. The van der Waals surface area contributed by atoms with Crippen molar-refractivity contribution in [3.63, 3.8) is 0 Å². The van der Waals surface area contributed by atoms with Crippen molar-refractivity contribution in [2.24, 2.45) is 5.10 Å². The van der Waals surface area contributed by atoms with Gasteiger partial charge in [-0.05, 0) is 53.8 Å². The molecule has 0 radical (unpaired) electrons. The van der Waals surface area contributed by atoms with Crippen molar-refractivity contribution in [1.29, 1.82) is 0 Å². The van der Waals surface area contributed by atoms with Gasteiger partial charge in [0.2, 0.25) is 0 Å². The Balaban J connectivity index is 1.76. The number of nitrogens with one attached hydrogen (secondary N) is 1. The second-order valence-corrected chi connectivity index (χ2v) is 5.25. The highest BCUT2D eigenvalue weighted by molar-refractivity contribution is 6.50. The highest BCUT2D eigenvalue weighted by Gasteiger charge is 2.15. The first kappa shape index (κ1) is 13.8. The molecule has 106 valence electrons. The van der Waals surface area contributed by atoms with Crippen LogP contribution in [-0.2, 0) is 6.42 Å². The predicted molar refractivity (Wildman–Crippen MR) is 86.1 cm³/mol. The van der Waals surface area contributed by atoms with E-state index >= 15 is 0 Å². The molecule has 0 saturated carbocycles. The Morgan fingerprint density at radius 2 is 1.81 bits per heavy atom. The van der Waals surface area contributed by atoms with Gasteiger partial charge in [-0.2, -0.15) is 5.10 Å². The fourth-order valence-electron chi connectivity index (χ4n) is 2.33. The number of benzene rings is 2. The summed E-state index contributed by atoms with van der Waals surface area (Å²) in [4.78, 5) is 0. The minimum absolute atomic E-state index is 0.265. The van der Waals surface area contributed by atoms with Gasteiger partial charge in [-0.15, -0.1) is 0 Å². The van der Waals surface area contributed by atoms with E-state index in [0.29, 0.717) is 0 Å². The van der Waals surface area contributed by atoms with Crippen LogP contribution in [-0.4, -0.2) is 6.21 Å². The topological polar surface area (TPSA) is 24.4 Å². The Hall–Kier alpha value is -2.13. The lowest BCUT2D eigenvalue weighted by Crippen LogP contribution is -2.04. The van der Waals surface area contributed by atoms with Crippen LogP contribution in [0.5, 0.6) is 0 Å². The molecular weight excluding hydrogens is 287 g/mol. The van der Waals surface area contributed by atoms with Gasteiger partial charge in [0, 0.05) is 0 Å². The van der Waals surface area contributed by atoms with Gasteiger partial charge in [-0.1, -0.05) is 35.9 Å². The van der Waals surface area contributed by atoms with Gasteiger partial charge in [-0.25, -0.2) is 4.39 Å². The van der Waals surface area contributed by atoms with Crippen molar-refractivity contribution in [2.45, 2.75) is 12.8 Å². The lowest BCUT2D eigenvalue weighted by atomic mass is 9.92. The van der Waals surface area contributed by atoms with Gasteiger partial charge in [0.25, 0.3) is 0 Å². The molecule has 0 aliphatic heterocycles. The third-order valence-corrected chi connectivity index (χ3v) is 3.90. The standard InChI is InChI=1S/C17H14ClFN2/c18-17-13(6-5-12-3-1-2-4-16(12)17)11-20-21-15-9-7-14(19)8-10-15/h1-4,7-11,21H,5-6H2. The minimum Gasteiger partial charge on any atom is -0.279 e. The zero-order chi connectivity index (χ0) is 14.7. The summed E-state index contributed by atoms with van der Waals surface area (Å²) in [6, 6.07) is 14.2. The lowest BCUT2D eigenvalue weighted by Gasteiger charge is -2.17. The highest BCUT2D eigenvalue weighted by atomic mass is 35.5. The van der Waals surface area contributed by atoms with Crippen LogP contribution < -0.4 is 5.43 Å². The number of nitrogens with zero attached hydrogens (tertiary/aromatic N) is 1. The summed E-state index contributed by atoms with van der Waals surface area (Å²) < 4.78 is 12.8. The van der Waals surface area contributed by atoms with Crippen LogP contribution in [0.2, 0.25) is 0 Å². The summed E-state index contributed by atoms with van der Waals surface area (Å²) in [7, 11) is 0. The SMILES string of the molecule is Fc1ccc(NN=CC2=C(Cl)c3ccccc3CC2)cc1. The summed E-state index contributed by atoms with van der Waals surface area (Å²) in [5.74, 6) is -0.265. The molecule has 1 aliphatic carbocycles. The van der Waals surface area contributed by atoms with Crippen LogP contribution in [0.3, 0.4) is 0 Å². The average molecular weight is 301 g/mol. The molecular formula is C17H14ClFN2. The zero-order valence-corrected chi connectivity index (χ0v) is 12.1. The molecule has 2 nitrogen and oxygen atoms in total. The summed E-state index contributed by atoms with van der Waals surface area (Å²) in [6.45, 7) is 0. The molecule has 1 aliphatic rings. The summed E-state index contributed by atoms with van der Waals surface area (Å²) in [5, 5.41) is 4.93. The van der Waals surface area contributed by atoms with Crippen LogP contribution in [0, 0.1) is 5.82 Å². The van der Waals surface area contributed by atoms with Crippen molar-refractivity contribution < 1.29 is 4.39 Å². The lowest BCUT2D eigenvalue weighted by molar-refractivity contribution is 0.628. The molecule has 21 heavy (non-hydrogen) atoms. The van der Waals surface area contributed by atoms with E-state index < -0.39 is 0 Å². The van der Waals surface area contributed by atoms with Gasteiger partial charge in [0.15, 0.2) is 0 Å². The Morgan fingerprint density at radius 1 is 1.05 bits per heavy atom. The second kappa shape index (κ2) is 6.10. The van der Waals surface area contributed by atoms with Gasteiger partial charge in [0.1, 0.15) is 5.82 Å². The molecule has 0 unspecified atom stereocenters. The second-order valence-electron chi connectivity index (χ2n) is 4.87. The van der Waals surface area contributed by atoms with Crippen molar-refractivity contribution in [1.82, 2.24) is 0 Å². The Morgan fingerprint density at radius 3 is 2.62 bits per heavy atom. The van der Waals surface area contributed by atoms with Crippen molar-refractivity contribution in [2.75, 3.05) is 5.43 Å². The molecule has 0 atom stereocenters. The maximum Gasteiger partial charge on any atom is 0.123 e. The first-order valence-corrected chi connectivity index (χ1v) is 7.13. The number of rotatable bonds is 3. The van der Waals surface area contributed by atoms with E-state index in [-0.39, 0.29) is 5.82 Å². The van der Waals surface area contributed by atoms with Crippen LogP contribution in [0.25, 0.3) is 5.03 Å². The molecule has 0 bridgehead atoms. The molecule has 0 saturated heterocycles.